The molecule has 10 aliphatic rings. The van der Waals surface area contributed by atoms with Crippen molar-refractivity contribution in [2.75, 3.05) is 27.3 Å². The Morgan fingerprint density at radius 1 is 0.800 bits per heavy atom. The first kappa shape index (κ1) is 39.4. The molecule has 60 heavy (non-hydrogen) atoms. The summed E-state index contributed by atoms with van der Waals surface area (Å²) in [6, 6.07) is 16.1. The molecular weight excluding hydrogens is 767 g/mol. The van der Waals surface area contributed by atoms with Crippen LogP contribution in [-0.4, -0.2) is 65.8 Å². The molecule has 2 N–H and O–H groups in total. The number of Topliss-reactive ketones (excluding diaryl/α,β-unsaturated/α-hetero) is 1. The van der Waals surface area contributed by atoms with Gasteiger partial charge in [0, 0.05) is 39.6 Å². The molecule has 318 valence electrons. The first-order valence-electron chi connectivity index (χ1n) is 23.1. The van der Waals surface area contributed by atoms with Crippen molar-refractivity contribution in [3.8, 4) is 11.5 Å². The number of methoxy groups -OCH3 is 2. The van der Waals surface area contributed by atoms with Crippen LogP contribution in [0.5, 0.6) is 11.5 Å². The summed E-state index contributed by atoms with van der Waals surface area (Å²) >= 11 is 1.58. The van der Waals surface area contributed by atoms with E-state index in [2.05, 4.69) is 55.2 Å². The van der Waals surface area contributed by atoms with Crippen LogP contribution in [0.25, 0.3) is 10.1 Å². The van der Waals surface area contributed by atoms with Crippen LogP contribution in [0.3, 0.4) is 0 Å². The third kappa shape index (κ3) is 5.50. The van der Waals surface area contributed by atoms with Crippen molar-refractivity contribution in [1.29, 1.82) is 0 Å². The van der Waals surface area contributed by atoms with E-state index in [1.54, 1.807) is 25.6 Å². The maximum Gasteiger partial charge on any atom is 0.227 e. The van der Waals surface area contributed by atoms with Crippen LogP contribution in [-0.2, 0) is 11.2 Å². The zero-order valence-electron chi connectivity index (χ0n) is 36.0. The maximum absolute atomic E-state index is 15.3. The molecule has 8 heteroatoms. The van der Waals surface area contributed by atoms with Crippen molar-refractivity contribution in [2.45, 2.75) is 115 Å². The molecule has 7 nitrogen and oxygen atoms in total. The number of hydrogen-bond acceptors (Lipinski definition) is 7. The van der Waals surface area contributed by atoms with E-state index in [-0.39, 0.29) is 46.2 Å². The van der Waals surface area contributed by atoms with Crippen molar-refractivity contribution in [2.24, 2.45) is 56.7 Å². The van der Waals surface area contributed by atoms with Crippen molar-refractivity contribution in [3.05, 3.63) is 82.8 Å². The van der Waals surface area contributed by atoms with Gasteiger partial charge in [0.1, 0.15) is 0 Å². The fraction of sp³-hybridized carbons (Fsp3) is 0.615. The van der Waals surface area contributed by atoms with E-state index in [0.717, 1.165) is 76.0 Å². The Morgan fingerprint density at radius 2 is 1.48 bits per heavy atom. The van der Waals surface area contributed by atoms with Crippen molar-refractivity contribution in [1.82, 2.24) is 4.90 Å². The van der Waals surface area contributed by atoms with Gasteiger partial charge in [-0.3, -0.25) is 9.59 Å². The summed E-state index contributed by atoms with van der Waals surface area (Å²) in [7, 11) is 3.26. The number of benzene rings is 2. The Hall–Kier alpha value is -3.46. The molecule has 7 saturated carbocycles. The zero-order chi connectivity index (χ0) is 41.5. The minimum Gasteiger partial charge on any atom is -0.493 e. The van der Waals surface area contributed by atoms with Gasteiger partial charge in [-0.2, -0.15) is 0 Å². The second-order valence-corrected chi connectivity index (χ2v) is 22.9. The number of carbonyl (C=O) groups is 2. The van der Waals surface area contributed by atoms with Crippen LogP contribution in [0.4, 0.5) is 0 Å². The first-order valence-corrected chi connectivity index (χ1v) is 23.9. The minimum atomic E-state index is -1.12. The molecular formula is C52H63NO6S. The van der Waals surface area contributed by atoms with Crippen molar-refractivity contribution < 1.29 is 29.3 Å². The van der Waals surface area contributed by atoms with Gasteiger partial charge in [0.15, 0.2) is 17.3 Å². The minimum absolute atomic E-state index is 0.0268. The quantitative estimate of drug-likeness (QED) is 0.156. The zero-order valence-corrected chi connectivity index (χ0v) is 36.8. The Balaban J connectivity index is 0.972. The van der Waals surface area contributed by atoms with E-state index >= 15 is 4.79 Å². The largest absolute Gasteiger partial charge is 0.493 e. The van der Waals surface area contributed by atoms with Crippen molar-refractivity contribution >= 4 is 33.1 Å². The highest BCUT2D eigenvalue weighted by Crippen LogP contribution is 2.78. The summed E-state index contributed by atoms with van der Waals surface area (Å²) < 4.78 is 12.3. The van der Waals surface area contributed by atoms with Gasteiger partial charge in [0.05, 0.1) is 37.2 Å². The summed E-state index contributed by atoms with van der Waals surface area (Å²) in [5, 5.41) is 25.9. The average Bonchev–Trinajstić information content (AvgIpc) is 3.78. The van der Waals surface area contributed by atoms with Crippen LogP contribution in [0.1, 0.15) is 113 Å². The summed E-state index contributed by atoms with van der Waals surface area (Å²) in [5.41, 5.74) is -0.797. The van der Waals surface area contributed by atoms with Crippen molar-refractivity contribution in [3.63, 3.8) is 0 Å². The highest BCUT2D eigenvalue weighted by Gasteiger charge is 2.74. The molecule has 2 aromatic carbocycles. The molecule has 0 saturated heterocycles. The van der Waals surface area contributed by atoms with Gasteiger partial charge >= 0.3 is 0 Å². The van der Waals surface area contributed by atoms with Crippen LogP contribution in [0.2, 0.25) is 0 Å². The number of thiophene rings is 1. The van der Waals surface area contributed by atoms with Crippen LogP contribution < -0.4 is 9.47 Å². The number of carbonyl (C=O) groups excluding carboxylic acids is 2. The number of nitrogens with zero attached hydrogens (tertiary/aromatic N) is 1. The van der Waals surface area contributed by atoms with Gasteiger partial charge in [-0.1, -0.05) is 56.3 Å². The van der Waals surface area contributed by atoms with Gasteiger partial charge in [0.2, 0.25) is 5.91 Å². The van der Waals surface area contributed by atoms with Crippen LogP contribution in [0, 0.1) is 56.7 Å². The van der Waals surface area contributed by atoms with Gasteiger partial charge in [-0.15, -0.1) is 11.3 Å². The topological polar surface area (TPSA) is 96.3 Å². The highest BCUT2D eigenvalue weighted by atomic mass is 32.1. The maximum atomic E-state index is 15.3. The Labute approximate surface area is 359 Å². The predicted molar refractivity (Wildman–Crippen MR) is 235 cm³/mol. The molecule has 10 aliphatic carbocycles. The smallest absolute Gasteiger partial charge is 0.227 e. The van der Waals surface area contributed by atoms with Crippen LogP contribution in [0.15, 0.2) is 72.3 Å². The van der Waals surface area contributed by atoms with E-state index in [9.17, 15) is 15.0 Å². The van der Waals surface area contributed by atoms with Gasteiger partial charge < -0.3 is 24.6 Å². The molecule has 1 heterocycles. The number of allylic oxidation sites excluding steroid dienone is 4. The Bertz CT molecular complexity index is 2260. The van der Waals surface area contributed by atoms with Crippen LogP contribution >= 0.6 is 11.3 Å². The Morgan fingerprint density at radius 3 is 2.20 bits per heavy atom. The highest BCUT2D eigenvalue weighted by molar-refractivity contribution is 7.21. The number of ketones is 1. The normalized spacial score (nSPS) is 41.7. The number of rotatable bonds is 10. The Kier molecular flexibility index (Phi) is 8.88. The standard InChI is InChI=1S/C52H63NO6S/c1-47-14-11-37(54)28-50(47)17-18-52(38(29-50)46(56)42-24-36-7-5-6-8-41(36)60-42)43(47)12-15-48(2)44(52)13-16-51(48,57)31-53(30-49-25-33-19-34(26-49)21-35(20-33)27-49)45(55)23-32-9-10-39(58-3)40(22-32)59-4/h5-10,17-18,22,24,29,33-35,37,43-44,54,57H,11-16,19-21,23,25-28,30-31H2,1-4H3/t33?,34?,35?,37?,43-,44-,47-,48+,49?,50+,51-,52-/m1/s1. The summed E-state index contributed by atoms with van der Waals surface area (Å²) in [6.45, 7) is 5.78. The van der Waals surface area contributed by atoms with Gasteiger partial charge in [-0.05, 0) is 159 Å². The van der Waals surface area contributed by atoms with Gasteiger partial charge in [-0.25, -0.2) is 0 Å². The summed E-state index contributed by atoms with van der Waals surface area (Å²) in [4.78, 5) is 33.2. The molecule has 1 amide bonds. The van der Waals surface area contributed by atoms with E-state index in [1.165, 1.54) is 38.5 Å². The van der Waals surface area contributed by atoms with E-state index in [0.29, 0.717) is 37.4 Å². The lowest BCUT2D eigenvalue weighted by Crippen LogP contribution is -2.67. The number of aliphatic hydroxyl groups excluding tert-OH is 1. The number of hydrogen-bond donors (Lipinski definition) is 2. The molecule has 8 atom stereocenters. The summed E-state index contributed by atoms with van der Waals surface area (Å²) in [5.74, 6) is 3.95. The molecule has 1 aromatic heterocycles. The predicted octanol–water partition coefficient (Wildman–Crippen LogP) is 9.98. The monoisotopic (exact) mass is 829 g/mol. The fourth-order valence-electron chi connectivity index (χ4n) is 16.5. The second-order valence-electron chi connectivity index (χ2n) is 21.8. The summed E-state index contributed by atoms with van der Waals surface area (Å²) in [6.07, 6.45) is 20.1. The number of fused-ring (bicyclic) bond motifs is 2. The first-order chi connectivity index (χ1) is 28.7. The van der Waals surface area contributed by atoms with E-state index < -0.39 is 22.5 Å². The molecule has 3 aromatic rings. The number of aliphatic hydroxyl groups is 2. The van der Waals surface area contributed by atoms with Gasteiger partial charge in [0.25, 0.3) is 0 Å². The molecule has 0 radical (unpaired) electrons. The fourth-order valence-corrected chi connectivity index (χ4v) is 17.6. The SMILES string of the molecule is COc1ccc(CC(=O)N(CC23CC4CC(CC(C4)C2)C3)C[C@]2(O)CC[C@H]3[C@]45C=C[C@@]6(C=C4C(=O)c4cc7ccccc7s4)CC(O)CC[C@]6(C)[C@H]5CC[C@@]32C)cc1OC. The van der Waals surface area contributed by atoms with E-state index in [4.69, 9.17) is 9.47 Å². The average molecular weight is 830 g/mol. The number of ether oxygens (including phenoxy) is 2. The second kappa shape index (κ2) is 13.5. The molecule has 2 spiro atoms. The third-order valence-corrected chi connectivity index (χ3v) is 20.0. The third-order valence-electron chi connectivity index (χ3n) is 18.9. The lowest BCUT2D eigenvalue weighted by atomic mass is 9.32. The molecule has 7 fully saturated rings. The molecule has 1 unspecified atom stereocenters. The molecule has 13 rings (SSSR count). The number of amides is 1. The molecule has 6 bridgehead atoms. The molecule has 0 aliphatic heterocycles. The lowest BCUT2D eigenvalue weighted by Gasteiger charge is -2.71. The van der Waals surface area contributed by atoms with E-state index in [1.807, 2.05) is 30.3 Å². The lowest BCUT2D eigenvalue weighted by molar-refractivity contribution is -0.181.